The molecule has 3 aromatic carbocycles. The summed E-state index contributed by atoms with van der Waals surface area (Å²) in [6.07, 6.45) is 1.85. The van der Waals surface area contributed by atoms with Crippen LogP contribution in [0.15, 0.2) is 89.5 Å². The molecule has 2 heteroatoms. The second-order valence-corrected chi connectivity index (χ2v) is 6.61. The number of aromatic nitrogens is 1. The van der Waals surface area contributed by atoms with Crippen molar-refractivity contribution in [2.24, 2.45) is 0 Å². The summed E-state index contributed by atoms with van der Waals surface area (Å²) >= 11 is 0. The first kappa shape index (κ1) is 14.9. The molecular weight excluding hydrogens is 318 g/mol. The molecule has 0 aliphatic rings. The van der Waals surface area contributed by atoms with Crippen LogP contribution in [-0.2, 0) is 0 Å². The van der Waals surface area contributed by atoms with Crippen LogP contribution >= 0.6 is 0 Å². The van der Waals surface area contributed by atoms with Crippen molar-refractivity contribution in [2.45, 2.75) is 6.92 Å². The molecule has 26 heavy (non-hydrogen) atoms. The third kappa shape index (κ3) is 2.47. The van der Waals surface area contributed by atoms with Crippen LogP contribution in [0.5, 0.6) is 0 Å². The third-order valence-corrected chi connectivity index (χ3v) is 4.79. The zero-order chi connectivity index (χ0) is 17.5. The van der Waals surface area contributed by atoms with Gasteiger partial charge in [-0.05, 0) is 60.0 Å². The van der Waals surface area contributed by atoms with Gasteiger partial charge in [0.15, 0.2) is 0 Å². The van der Waals surface area contributed by atoms with Crippen LogP contribution in [0.25, 0.3) is 44.3 Å². The van der Waals surface area contributed by atoms with Crippen LogP contribution in [0.3, 0.4) is 0 Å². The Hall–Kier alpha value is -3.39. The summed E-state index contributed by atoms with van der Waals surface area (Å²) < 4.78 is 6.18. The van der Waals surface area contributed by atoms with Gasteiger partial charge in [0.05, 0.1) is 5.69 Å². The fourth-order valence-corrected chi connectivity index (χ4v) is 3.44. The lowest BCUT2D eigenvalue weighted by molar-refractivity contribution is 0.669. The molecule has 2 aromatic heterocycles. The van der Waals surface area contributed by atoms with Gasteiger partial charge in [-0.3, -0.25) is 4.98 Å². The SMILES string of the molecule is Cc1ccnc(-c2ccc3c(c2)oc2cc(-c4ccccc4)ccc23)c1. The van der Waals surface area contributed by atoms with Crippen molar-refractivity contribution in [1.82, 2.24) is 4.98 Å². The molecule has 0 saturated carbocycles. The molecule has 0 atom stereocenters. The Morgan fingerprint density at radius 3 is 2.08 bits per heavy atom. The molecule has 0 unspecified atom stereocenters. The maximum Gasteiger partial charge on any atom is 0.136 e. The minimum Gasteiger partial charge on any atom is -0.456 e. The van der Waals surface area contributed by atoms with E-state index in [1.54, 1.807) is 0 Å². The van der Waals surface area contributed by atoms with E-state index >= 15 is 0 Å². The second-order valence-electron chi connectivity index (χ2n) is 6.61. The lowest BCUT2D eigenvalue weighted by Gasteiger charge is -2.01. The molecule has 124 valence electrons. The standard InChI is InChI=1S/C24H17NO/c1-16-11-12-25-22(13-16)19-8-10-21-20-9-7-18(17-5-3-2-4-6-17)14-23(20)26-24(21)15-19/h2-15H,1H3. The maximum atomic E-state index is 6.18. The van der Waals surface area contributed by atoms with Crippen molar-refractivity contribution in [1.29, 1.82) is 0 Å². The van der Waals surface area contributed by atoms with Crippen LogP contribution in [0, 0.1) is 6.92 Å². The van der Waals surface area contributed by atoms with Gasteiger partial charge in [0.2, 0.25) is 0 Å². The van der Waals surface area contributed by atoms with Gasteiger partial charge in [0, 0.05) is 22.5 Å². The molecule has 0 N–H and O–H groups in total. The van der Waals surface area contributed by atoms with E-state index in [1.807, 2.05) is 18.3 Å². The monoisotopic (exact) mass is 335 g/mol. The van der Waals surface area contributed by atoms with Gasteiger partial charge in [0.1, 0.15) is 11.2 Å². The molecule has 0 saturated heterocycles. The topological polar surface area (TPSA) is 26.0 Å². The molecule has 5 rings (SSSR count). The predicted octanol–water partition coefficient (Wildman–Crippen LogP) is 6.62. The maximum absolute atomic E-state index is 6.18. The number of aryl methyl sites for hydroxylation is 1. The fraction of sp³-hybridized carbons (Fsp3) is 0.0417. The number of rotatable bonds is 2. The van der Waals surface area contributed by atoms with Crippen LogP contribution in [-0.4, -0.2) is 4.98 Å². The van der Waals surface area contributed by atoms with Crippen molar-refractivity contribution in [3.8, 4) is 22.4 Å². The van der Waals surface area contributed by atoms with E-state index in [1.165, 1.54) is 11.1 Å². The summed E-state index contributed by atoms with van der Waals surface area (Å²) in [5, 5.41) is 2.28. The van der Waals surface area contributed by atoms with E-state index in [0.717, 1.165) is 38.8 Å². The number of furan rings is 1. The van der Waals surface area contributed by atoms with E-state index in [-0.39, 0.29) is 0 Å². The Balaban J connectivity index is 1.66. The normalized spacial score (nSPS) is 11.3. The number of nitrogens with zero attached hydrogens (tertiary/aromatic N) is 1. The smallest absolute Gasteiger partial charge is 0.136 e. The first-order valence-electron chi connectivity index (χ1n) is 8.73. The van der Waals surface area contributed by atoms with E-state index < -0.39 is 0 Å². The highest BCUT2D eigenvalue weighted by Crippen LogP contribution is 2.34. The van der Waals surface area contributed by atoms with Gasteiger partial charge < -0.3 is 4.42 Å². The molecule has 2 heterocycles. The number of pyridine rings is 1. The second kappa shape index (κ2) is 5.85. The van der Waals surface area contributed by atoms with Gasteiger partial charge in [0.25, 0.3) is 0 Å². The summed E-state index contributed by atoms with van der Waals surface area (Å²) in [7, 11) is 0. The highest BCUT2D eigenvalue weighted by atomic mass is 16.3. The zero-order valence-corrected chi connectivity index (χ0v) is 14.4. The van der Waals surface area contributed by atoms with Crippen LogP contribution < -0.4 is 0 Å². The molecule has 0 spiro atoms. The largest absolute Gasteiger partial charge is 0.456 e. The van der Waals surface area contributed by atoms with Gasteiger partial charge >= 0.3 is 0 Å². The summed E-state index contributed by atoms with van der Waals surface area (Å²) in [6.45, 7) is 2.08. The van der Waals surface area contributed by atoms with E-state index in [0.29, 0.717) is 0 Å². The zero-order valence-electron chi connectivity index (χ0n) is 14.4. The van der Waals surface area contributed by atoms with Crippen LogP contribution in [0.2, 0.25) is 0 Å². The Morgan fingerprint density at radius 2 is 1.35 bits per heavy atom. The third-order valence-electron chi connectivity index (χ3n) is 4.79. The van der Waals surface area contributed by atoms with Gasteiger partial charge in [-0.15, -0.1) is 0 Å². The minimum absolute atomic E-state index is 0.894. The van der Waals surface area contributed by atoms with Gasteiger partial charge in [-0.25, -0.2) is 0 Å². The predicted molar refractivity (Wildman–Crippen MR) is 107 cm³/mol. The first-order valence-corrected chi connectivity index (χ1v) is 8.73. The number of benzene rings is 3. The molecule has 0 fully saturated rings. The lowest BCUT2D eigenvalue weighted by atomic mass is 10.0. The van der Waals surface area contributed by atoms with E-state index in [4.69, 9.17) is 4.42 Å². The molecule has 2 nitrogen and oxygen atoms in total. The Labute approximate surface area is 151 Å². The fourth-order valence-electron chi connectivity index (χ4n) is 3.44. The quantitative estimate of drug-likeness (QED) is 0.362. The summed E-state index contributed by atoms with van der Waals surface area (Å²) in [4.78, 5) is 4.48. The minimum atomic E-state index is 0.894. The van der Waals surface area contributed by atoms with Crippen molar-refractivity contribution >= 4 is 21.9 Å². The molecule has 0 amide bonds. The Kier molecular flexibility index (Phi) is 3.36. The van der Waals surface area contributed by atoms with E-state index in [2.05, 4.69) is 78.6 Å². The molecule has 0 aliphatic carbocycles. The number of hydrogen-bond acceptors (Lipinski definition) is 2. The number of fused-ring (bicyclic) bond motifs is 3. The molecule has 0 bridgehead atoms. The summed E-state index contributed by atoms with van der Waals surface area (Å²) in [5.41, 5.74) is 7.41. The first-order chi connectivity index (χ1) is 12.8. The molecule has 0 radical (unpaired) electrons. The average Bonchev–Trinajstić information content (AvgIpc) is 3.05. The molecule has 5 aromatic rings. The van der Waals surface area contributed by atoms with E-state index in [9.17, 15) is 0 Å². The van der Waals surface area contributed by atoms with Crippen molar-refractivity contribution in [3.05, 3.63) is 90.6 Å². The molecule has 0 aliphatic heterocycles. The van der Waals surface area contributed by atoms with Crippen LogP contribution in [0.4, 0.5) is 0 Å². The van der Waals surface area contributed by atoms with Crippen molar-refractivity contribution in [3.63, 3.8) is 0 Å². The van der Waals surface area contributed by atoms with Gasteiger partial charge in [-0.1, -0.05) is 42.5 Å². The van der Waals surface area contributed by atoms with Crippen LogP contribution in [0.1, 0.15) is 5.56 Å². The Bertz CT molecular complexity index is 1240. The Morgan fingerprint density at radius 1 is 0.654 bits per heavy atom. The molecular formula is C24H17NO. The summed E-state index contributed by atoms with van der Waals surface area (Å²) in [6, 6.07) is 27.2. The van der Waals surface area contributed by atoms with Gasteiger partial charge in [-0.2, -0.15) is 0 Å². The average molecular weight is 335 g/mol. The highest BCUT2D eigenvalue weighted by Gasteiger charge is 2.10. The van der Waals surface area contributed by atoms with Crippen molar-refractivity contribution in [2.75, 3.05) is 0 Å². The number of hydrogen-bond donors (Lipinski definition) is 0. The lowest BCUT2D eigenvalue weighted by Crippen LogP contribution is -1.83. The summed E-state index contributed by atoms with van der Waals surface area (Å²) in [5.74, 6) is 0. The van der Waals surface area contributed by atoms with Crippen molar-refractivity contribution < 1.29 is 4.42 Å². The highest BCUT2D eigenvalue weighted by molar-refractivity contribution is 6.06.